The Bertz CT molecular complexity index is 594. The SMILES string of the molecule is Nc1nc(NCCO)cc(-c2ccc(F)cc2Cl)n1. The Morgan fingerprint density at radius 1 is 1.32 bits per heavy atom. The average Bonchev–Trinajstić information content (AvgIpc) is 2.35. The number of hydrogen-bond acceptors (Lipinski definition) is 5. The normalized spacial score (nSPS) is 10.5. The van der Waals surface area contributed by atoms with Crippen LogP contribution in [-0.2, 0) is 0 Å². The quantitative estimate of drug-likeness (QED) is 0.798. The third-order valence-electron chi connectivity index (χ3n) is 2.37. The van der Waals surface area contributed by atoms with Crippen LogP contribution in [0.5, 0.6) is 0 Å². The molecular weight excluding hydrogens is 271 g/mol. The minimum atomic E-state index is -0.422. The van der Waals surface area contributed by atoms with Gasteiger partial charge in [0.05, 0.1) is 17.3 Å². The standard InChI is InChI=1S/C12H12ClFN4O/c13-9-5-7(14)1-2-8(9)10-6-11(16-3-4-19)18-12(15)17-10/h1-2,5-6,19H,3-4H2,(H3,15,16,17,18). The van der Waals surface area contributed by atoms with Gasteiger partial charge in [0, 0.05) is 18.2 Å². The monoisotopic (exact) mass is 282 g/mol. The molecule has 7 heteroatoms. The van der Waals surface area contributed by atoms with E-state index in [0.29, 0.717) is 23.6 Å². The van der Waals surface area contributed by atoms with Gasteiger partial charge in [-0.2, -0.15) is 4.98 Å². The van der Waals surface area contributed by atoms with Gasteiger partial charge in [-0.25, -0.2) is 9.37 Å². The summed E-state index contributed by atoms with van der Waals surface area (Å²) >= 11 is 5.97. The second-order valence-corrected chi connectivity index (χ2v) is 4.18. The predicted molar refractivity (Wildman–Crippen MR) is 72.4 cm³/mol. The van der Waals surface area contributed by atoms with E-state index in [1.54, 1.807) is 6.07 Å². The average molecular weight is 283 g/mol. The van der Waals surface area contributed by atoms with Gasteiger partial charge in [-0.15, -0.1) is 0 Å². The number of hydrogen-bond donors (Lipinski definition) is 3. The summed E-state index contributed by atoms with van der Waals surface area (Å²) in [7, 11) is 0. The lowest BCUT2D eigenvalue weighted by Gasteiger charge is -2.08. The number of aromatic nitrogens is 2. The van der Waals surface area contributed by atoms with Crippen molar-refractivity contribution in [2.75, 3.05) is 24.2 Å². The molecule has 2 aromatic rings. The van der Waals surface area contributed by atoms with Crippen molar-refractivity contribution in [2.24, 2.45) is 0 Å². The Hall–Kier alpha value is -1.92. The Kier molecular flexibility index (Phi) is 4.13. The third kappa shape index (κ3) is 3.30. The molecule has 0 saturated heterocycles. The maximum Gasteiger partial charge on any atom is 0.222 e. The lowest BCUT2D eigenvalue weighted by Crippen LogP contribution is -2.09. The molecule has 0 aliphatic heterocycles. The van der Waals surface area contributed by atoms with Crippen LogP contribution in [0.25, 0.3) is 11.3 Å². The molecule has 0 bridgehead atoms. The third-order valence-corrected chi connectivity index (χ3v) is 2.68. The summed E-state index contributed by atoms with van der Waals surface area (Å²) in [6.45, 7) is 0.309. The van der Waals surface area contributed by atoms with Crippen molar-refractivity contribution in [1.82, 2.24) is 9.97 Å². The molecule has 0 aliphatic carbocycles. The lowest BCUT2D eigenvalue weighted by atomic mass is 10.1. The summed E-state index contributed by atoms with van der Waals surface area (Å²) in [5.41, 5.74) is 6.65. The van der Waals surface area contributed by atoms with Gasteiger partial charge < -0.3 is 16.2 Å². The number of anilines is 2. The van der Waals surface area contributed by atoms with Crippen molar-refractivity contribution in [3.05, 3.63) is 35.1 Å². The molecular formula is C12H12ClFN4O. The summed E-state index contributed by atoms with van der Waals surface area (Å²) in [5, 5.41) is 11.9. The number of nitrogen functional groups attached to an aromatic ring is 1. The molecule has 1 aromatic heterocycles. The molecule has 0 radical (unpaired) electrons. The second-order valence-electron chi connectivity index (χ2n) is 3.77. The van der Waals surface area contributed by atoms with Crippen LogP contribution in [0.3, 0.4) is 0 Å². The molecule has 0 atom stereocenters. The van der Waals surface area contributed by atoms with Crippen molar-refractivity contribution in [1.29, 1.82) is 0 Å². The highest BCUT2D eigenvalue weighted by molar-refractivity contribution is 6.33. The van der Waals surface area contributed by atoms with Crippen LogP contribution < -0.4 is 11.1 Å². The van der Waals surface area contributed by atoms with Gasteiger partial charge in [-0.05, 0) is 18.2 Å². The summed E-state index contributed by atoms with van der Waals surface area (Å²) in [5.74, 6) is 0.115. The van der Waals surface area contributed by atoms with Gasteiger partial charge in [0.25, 0.3) is 0 Å². The fourth-order valence-electron chi connectivity index (χ4n) is 1.58. The van der Waals surface area contributed by atoms with E-state index in [2.05, 4.69) is 15.3 Å². The molecule has 19 heavy (non-hydrogen) atoms. The van der Waals surface area contributed by atoms with Crippen molar-refractivity contribution in [3.63, 3.8) is 0 Å². The van der Waals surface area contributed by atoms with E-state index in [4.69, 9.17) is 22.4 Å². The Balaban J connectivity index is 2.41. The fourth-order valence-corrected chi connectivity index (χ4v) is 1.84. The lowest BCUT2D eigenvalue weighted by molar-refractivity contribution is 0.311. The molecule has 0 saturated carbocycles. The van der Waals surface area contributed by atoms with Gasteiger partial charge in [-0.3, -0.25) is 0 Å². The van der Waals surface area contributed by atoms with Crippen LogP contribution in [0.2, 0.25) is 5.02 Å². The van der Waals surface area contributed by atoms with Crippen molar-refractivity contribution in [3.8, 4) is 11.3 Å². The molecule has 0 spiro atoms. The molecule has 2 rings (SSSR count). The van der Waals surface area contributed by atoms with E-state index in [-0.39, 0.29) is 17.6 Å². The largest absolute Gasteiger partial charge is 0.395 e. The second kappa shape index (κ2) is 5.81. The summed E-state index contributed by atoms with van der Waals surface area (Å²) in [4.78, 5) is 8.03. The van der Waals surface area contributed by atoms with E-state index in [9.17, 15) is 4.39 Å². The number of nitrogens with zero attached hydrogens (tertiary/aromatic N) is 2. The van der Waals surface area contributed by atoms with Crippen LogP contribution in [0.4, 0.5) is 16.2 Å². The molecule has 1 aromatic carbocycles. The van der Waals surface area contributed by atoms with Crippen LogP contribution in [0.15, 0.2) is 24.3 Å². The van der Waals surface area contributed by atoms with Crippen molar-refractivity contribution < 1.29 is 9.50 Å². The molecule has 0 fully saturated rings. The molecule has 0 unspecified atom stereocenters. The van der Waals surface area contributed by atoms with Gasteiger partial charge in [-0.1, -0.05) is 11.6 Å². The summed E-state index contributed by atoms with van der Waals surface area (Å²) in [6, 6.07) is 5.65. The number of halogens is 2. The highest BCUT2D eigenvalue weighted by atomic mass is 35.5. The molecule has 100 valence electrons. The highest BCUT2D eigenvalue weighted by Crippen LogP contribution is 2.28. The Morgan fingerprint density at radius 2 is 2.11 bits per heavy atom. The van der Waals surface area contributed by atoms with E-state index < -0.39 is 5.82 Å². The van der Waals surface area contributed by atoms with Gasteiger partial charge in [0.15, 0.2) is 0 Å². The Morgan fingerprint density at radius 3 is 2.79 bits per heavy atom. The zero-order valence-electron chi connectivity index (χ0n) is 9.90. The maximum absolute atomic E-state index is 13.0. The molecule has 0 aliphatic rings. The first kappa shape index (κ1) is 13.5. The number of aliphatic hydroxyl groups is 1. The van der Waals surface area contributed by atoms with Crippen LogP contribution >= 0.6 is 11.6 Å². The van der Waals surface area contributed by atoms with Crippen LogP contribution in [-0.4, -0.2) is 28.2 Å². The predicted octanol–water partition coefficient (Wildman–Crippen LogP) is 1.92. The first-order chi connectivity index (χ1) is 9.10. The maximum atomic E-state index is 13.0. The number of benzene rings is 1. The van der Waals surface area contributed by atoms with Crippen LogP contribution in [0, 0.1) is 5.82 Å². The van der Waals surface area contributed by atoms with Gasteiger partial charge in [0.2, 0.25) is 5.95 Å². The van der Waals surface area contributed by atoms with E-state index in [1.165, 1.54) is 18.2 Å². The molecule has 4 N–H and O–H groups in total. The zero-order valence-corrected chi connectivity index (χ0v) is 10.7. The highest BCUT2D eigenvalue weighted by Gasteiger charge is 2.09. The van der Waals surface area contributed by atoms with E-state index >= 15 is 0 Å². The van der Waals surface area contributed by atoms with Gasteiger partial charge in [0.1, 0.15) is 11.6 Å². The van der Waals surface area contributed by atoms with Gasteiger partial charge >= 0.3 is 0 Å². The number of aliphatic hydroxyl groups excluding tert-OH is 1. The summed E-state index contributed by atoms with van der Waals surface area (Å²) in [6.07, 6.45) is 0. The van der Waals surface area contributed by atoms with Crippen LogP contribution in [0.1, 0.15) is 0 Å². The topological polar surface area (TPSA) is 84.1 Å². The smallest absolute Gasteiger partial charge is 0.222 e. The molecule has 5 nitrogen and oxygen atoms in total. The summed E-state index contributed by atoms with van der Waals surface area (Å²) < 4.78 is 13.0. The number of nitrogens with one attached hydrogen (secondary N) is 1. The number of rotatable bonds is 4. The minimum Gasteiger partial charge on any atom is -0.395 e. The first-order valence-electron chi connectivity index (χ1n) is 5.55. The van der Waals surface area contributed by atoms with E-state index in [1.807, 2.05) is 0 Å². The fraction of sp³-hybridized carbons (Fsp3) is 0.167. The Labute approximate surface area is 114 Å². The first-order valence-corrected chi connectivity index (χ1v) is 5.92. The zero-order chi connectivity index (χ0) is 13.8. The number of nitrogens with two attached hydrogens (primary N) is 1. The van der Waals surface area contributed by atoms with Crippen molar-refractivity contribution >= 4 is 23.4 Å². The molecule has 1 heterocycles. The van der Waals surface area contributed by atoms with Crippen molar-refractivity contribution in [2.45, 2.75) is 0 Å². The molecule has 0 amide bonds. The minimum absolute atomic E-state index is 0.0312. The van der Waals surface area contributed by atoms with E-state index in [0.717, 1.165) is 0 Å².